The minimum Gasteiger partial charge on any atom is -0.369 e. The number of nitrogens with one attached hydrogen (secondary N) is 3. The van der Waals surface area contributed by atoms with Gasteiger partial charge in [-0.3, -0.25) is 9.59 Å². The second-order valence-corrected chi connectivity index (χ2v) is 9.63. The van der Waals surface area contributed by atoms with Crippen molar-refractivity contribution in [3.8, 4) is 11.8 Å². The molecule has 9 nitrogen and oxygen atoms in total. The van der Waals surface area contributed by atoms with Crippen LogP contribution in [0.25, 0.3) is 0 Å². The molecule has 3 aromatic rings. The zero-order chi connectivity index (χ0) is 29.8. The number of likely N-dealkylation sites (N-methyl/N-ethyl adjacent to an activating group) is 2. The standard InChI is InChI=1S/C31H36FN7O2/c1-6-17-33-29-24(21-34-31(37-29)36-27-13-8-11-25(32)20-27)16-15-23-10-7-12-26(19-23)35-30(41)22(2)39(5)28(40)14-9-18-38(3)4/h7-14,19-22H,6,17-18H2,1-5H3,(H,35,41)(H2,33,34,36,37). The van der Waals surface area contributed by atoms with E-state index in [-0.39, 0.29) is 17.6 Å². The quantitative estimate of drug-likeness (QED) is 0.236. The maximum absolute atomic E-state index is 13.6. The largest absolute Gasteiger partial charge is 0.369 e. The zero-order valence-electron chi connectivity index (χ0n) is 24.0. The number of hydrogen-bond acceptors (Lipinski definition) is 7. The molecule has 0 saturated heterocycles. The van der Waals surface area contributed by atoms with E-state index in [9.17, 15) is 14.0 Å². The monoisotopic (exact) mass is 557 g/mol. The molecule has 10 heteroatoms. The van der Waals surface area contributed by atoms with Crippen LogP contribution in [-0.2, 0) is 9.59 Å². The number of halogens is 1. The van der Waals surface area contributed by atoms with Crippen molar-refractivity contribution < 1.29 is 14.0 Å². The summed E-state index contributed by atoms with van der Waals surface area (Å²) in [6.45, 7) is 5.04. The number of hydrogen-bond donors (Lipinski definition) is 3. The number of aromatic nitrogens is 2. The topological polar surface area (TPSA) is 102 Å². The maximum atomic E-state index is 13.6. The number of carbonyl (C=O) groups excluding carboxylic acids is 2. The fourth-order valence-electron chi connectivity index (χ4n) is 3.52. The van der Waals surface area contributed by atoms with E-state index < -0.39 is 6.04 Å². The first-order valence-electron chi connectivity index (χ1n) is 13.3. The van der Waals surface area contributed by atoms with Crippen molar-refractivity contribution in [2.24, 2.45) is 0 Å². The van der Waals surface area contributed by atoms with E-state index in [2.05, 4.69) is 37.8 Å². The predicted octanol–water partition coefficient (Wildman–Crippen LogP) is 4.48. The predicted molar refractivity (Wildman–Crippen MR) is 161 cm³/mol. The van der Waals surface area contributed by atoms with E-state index >= 15 is 0 Å². The number of amides is 2. The highest BCUT2D eigenvalue weighted by atomic mass is 19.1. The molecular formula is C31H36FN7O2. The molecule has 0 aliphatic carbocycles. The number of benzene rings is 2. The van der Waals surface area contributed by atoms with E-state index in [1.54, 1.807) is 56.6 Å². The summed E-state index contributed by atoms with van der Waals surface area (Å²) in [6, 6.07) is 12.5. The maximum Gasteiger partial charge on any atom is 0.246 e. The Bertz CT molecular complexity index is 1450. The third-order valence-corrected chi connectivity index (χ3v) is 5.92. The molecule has 0 aliphatic rings. The molecule has 3 N–H and O–H groups in total. The Kier molecular flexibility index (Phi) is 11.4. The summed E-state index contributed by atoms with van der Waals surface area (Å²) in [6.07, 6.45) is 5.72. The molecule has 41 heavy (non-hydrogen) atoms. The minimum absolute atomic E-state index is 0.249. The van der Waals surface area contributed by atoms with E-state index in [4.69, 9.17) is 0 Å². The van der Waals surface area contributed by atoms with Crippen LogP contribution >= 0.6 is 0 Å². The molecule has 0 aliphatic heterocycles. The van der Waals surface area contributed by atoms with Gasteiger partial charge in [-0.05, 0) is 63.8 Å². The van der Waals surface area contributed by atoms with Gasteiger partial charge in [-0.15, -0.1) is 0 Å². The van der Waals surface area contributed by atoms with Crippen LogP contribution < -0.4 is 16.0 Å². The van der Waals surface area contributed by atoms with Crippen molar-refractivity contribution in [1.29, 1.82) is 0 Å². The Morgan fingerprint density at radius 3 is 2.56 bits per heavy atom. The fourth-order valence-corrected chi connectivity index (χ4v) is 3.52. The fraction of sp³-hybridized carbons (Fsp3) is 0.290. The number of anilines is 4. The molecule has 0 spiro atoms. The Morgan fingerprint density at radius 2 is 1.83 bits per heavy atom. The summed E-state index contributed by atoms with van der Waals surface area (Å²) in [5.74, 6) is 6.15. The first-order chi connectivity index (χ1) is 19.7. The Balaban J connectivity index is 1.72. The average Bonchev–Trinajstić information content (AvgIpc) is 2.94. The zero-order valence-corrected chi connectivity index (χ0v) is 24.0. The second kappa shape index (κ2) is 15.1. The van der Waals surface area contributed by atoms with Gasteiger partial charge in [-0.25, -0.2) is 9.37 Å². The van der Waals surface area contributed by atoms with E-state index in [1.807, 2.05) is 32.0 Å². The third kappa shape index (κ3) is 9.74. The van der Waals surface area contributed by atoms with Gasteiger partial charge < -0.3 is 25.8 Å². The highest BCUT2D eigenvalue weighted by Gasteiger charge is 2.21. The van der Waals surface area contributed by atoms with Gasteiger partial charge in [0.2, 0.25) is 17.8 Å². The van der Waals surface area contributed by atoms with Crippen LogP contribution in [0.4, 0.5) is 27.5 Å². The SMILES string of the molecule is CCCNc1nc(Nc2cccc(F)c2)ncc1C#Cc1cccc(NC(=O)C(C)N(C)C(=O)C=CCN(C)C)c1. The molecular weight excluding hydrogens is 521 g/mol. The first kappa shape index (κ1) is 30.8. The molecule has 0 bridgehead atoms. The van der Waals surface area contributed by atoms with Crippen LogP contribution in [0.5, 0.6) is 0 Å². The van der Waals surface area contributed by atoms with Crippen molar-refractivity contribution in [2.45, 2.75) is 26.3 Å². The lowest BCUT2D eigenvalue weighted by atomic mass is 10.1. The van der Waals surface area contributed by atoms with Crippen molar-refractivity contribution in [3.05, 3.63) is 83.8 Å². The molecule has 1 atom stereocenters. The molecule has 3 rings (SSSR count). The van der Waals surface area contributed by atoms with Gasteiger partial charge in [0.15, 0.2) is 0 Å². The molecule has 2 amide bonds. The molecule has 0 saturated carbocycles. The smallest absolute Gasteiger partial charge is 0.246 e. The Labute approximate surface area is 240 Å². The molecule has 0 fully saturated rings. The van der Waals surface area contributed by atoms with Crippen LogP contribution in [0.15, 0.2) is 66.9 Å². The molecule has 0 radical (unpaired) electrons. The van der Waals surface area contributed by atoms with Gasteiger partial charge in [0.1, 0.15) is 17.7 Å². The van der Waals surface area contributed by atoms with Crippen LogP contribution in [-0.4, -0.2) is 71.9 Å². The number of carbonyl (C=O) groups is 2. The third-order valence-electron chi connectivity index (χ3n) is 5.92. The van der Waals surface area contributed by atoms with Crippen LogP contribution in [0.1, 0.15) is 31.4 Å². The summed E-state index contributed by atoms with van der Waals surface area (Å²) in [7, 11) is 5.42. The lowest BCUT2D eigenvalue weighted by Gasteiger charge is -2.23. The highest BCUT2D eigenvalue weighted by Crippen LogP contribution is 2.18. The van der Waals surface area contributed by atoms with Crippen LogP contribution in [0.3, 0.4) is 0 Å². The average molecular weight is 558 g/mol. The van der Waals surface area contributed by atoms with E-state index in [0.717, 1.165) is 6.42 Å². The number of rotatable bonds is 11. The normalized spacial score (nSPS) is 11.5. The summed E-state index contributed by atoms with van der Waals surface area (Å²) >= 11 is 0. The van der Waals surface area contributed by atoms with Crippen molar-refractivity contribution in [2.75, 3.05) is 50.2 Å². The van der Waals surface area contributed by atoms with E-state index in [1.165, 1.54) is 23.1 Å². The lowest BCUT2D eigenvalue weighted by Crippen LogP contribution is -2.42. The van der Waals surface area contributed by atoms with Gasteiger partial charge in [-0.1, -0.05) is 37.0 Å². The van der Waals surface area contributed by atoms with Crippen LogP contribution in [0, 0.1) is 17.7 Å². The van der Waals surface area contributed by atoms with Crippen molar-refractivity contribution >= 4 is 35.0 Å². The minimum atomic E-state index is -0.676. The number of nitrogens with zero attached hydrogens (tertiary/aromatic N) is 4. The summed E-state index contributed by atoms with van der Waals surface area (Å²) in [5, 5.41) is 9.13. The van der Waals surface area contributed by atoms with Gasteiger partial charge in [-0.2, -0.15) is 4.98 Å². The molecule has 1 aromatic heterocycles. The molecule has 214 valence electrons. The Morgan fingerprint density at radius 1 is 1.07 bits per heavy atom. The van der Waals surface area contributed by atoms with Gasteiger partial charge in [0.25, 0.3) is 0 Å². The van der Waals surface area contributed by atoms with E-state index in [0.29, 0.717) is 47.4 Å². The Hall–Kier alpha value is -4.75. The van der Waals surface area contributed by atoms with Gasteiger partial charge >= 0.3 is 0 Å². The highest BCUT2D eigenvalue weighted by molar-refractivity contribution is 5.98. The lowest BCUT2D eigenvalue weighted by molar-refractivity contribution is -0.132. The second-order valence-electron chi connectivity index (χ2n) is 9.63. The van der Waals surface area contributed by atoms with Crippen molar-refractivity contribution in [1.82, 2.24) is 19.8 Å². The van der Waals surface area contributed by atoms with Gasteiger partial charge in [0.05, 0.1) is 11.8 Å². The van der Waals surface area contributed by atoms with Crippen LogP contribution in [0.2, 0.25) is 0 Å². The summed E-state index contributed by atoms with van der Waals surface area (Å²) < 4.78 is 13.6. The summed E-state index contributed by atoms with van der Waals surface area (Å²) in [4.78, 5) is 37.4. The molecule has 2 aromatic carbocycles. The van der Waals surface area contributed by atoms with Gasteiger partial charge in [0, 0.05) is 43.2 Å². The van der Waals surface area contributed by atoms with Crippen molar-refractivity contribution in [3.63, 3.8) is 0 Å². The first-order valence-corrected chi connectivity index (χ1v) is 13.3. The molecule has 1 unspecified atom stereocenters. The summed E-state index contributed by atoms with van der Waals surface area (Å²) in [5.41, 5.74) is 2.37. The molecule has 1 heterocycles.